The lowest BCUT2D eigenvalue weighted by Gasteiger charge is -2.20. The molecule has 0 aliphatic rings. The van der Waals surface area contributed by atoms with Gasteiger partial charge in [0.05, 0.1) is 6.04 Å². The second kappa shape index (κ2) is 8.30. The fourth-order valence-corrected chi connectivity index (χ4v) is 3.19. The van der Waals surface area contributed by atoms with E-state index in [1.807, 2.05) is 6.92 Å². The third-order valence-corrected chi connectivity index (χ3v) is 4.30. The zero-order valence-corrected chi connectivity index (χ0v) is 16.0. The van der Waals surface area contributed by atoms with Crippen LogP contribution in [-0.2, 0) is 4.79 Å². The summed E-state index contributed by atoms with van der Waals surface area (Å²) in [6.07, 6.45) is -0.729. The first kappa shape index (κ1) is 19.2. The lowest BCUT2D eigenvalue weighted by atomic mass is 10.1. The highest BCUT2D eigenvalue weighted by atomic mass is 35.5. The highest BCUT2D eigenvalue weighted by Gasteiger charge is 2.19. The summed E-state index contributed by atoms with van der Waals surface area (Å²) in [4.78, 5) is 12.3. The maximum absolute atomic E-state index is 12.3. The lowest BCUT2D eigenvalue weighted by Crippen LogP contribution is -2.37. The smallest absolute Gasteiger partial charge is 0.261 e. The molecule has 0 aliphatic heterocycles. The number of hydrogen-bond acceptors (Lipinski definition) is 2. The Bertz CT molecular complexity index is 731. The molecule has 1 amide bonds. The Balaban J connectivity index is 2.02. The number of carbonyl (C=O) groups excluding carboxylic acids is 1. The quantitative estimate of drug-likeness (QED) is 0.666. The summed E-state index contributed by atoms with van der Waals surface area (Å²) in [6, 6.07) is 9.61. The molecule has 0 spiro atoms. The van der Waals surface area contributed by atoms with Crippen LogP contribution in [0.2, 0.25) is 20.1 Å². The second-order valence-corrected chi connectivity index (χ2v) is 6.98. The molecule has 2 rings (SSSR count). The van der Waals surface area contributed by atoms with E-state index in [1.54, 1.807) is 43.3 Å². The largest absolute Gasteiger partial charge is 0.481 e. The second-order valence-electron chi connectivity index (χ2n) is 5.26. The minimum absolute atomic E-state index is 0.287. The maximum Gasteiger partial charge on any atom is 0.261 e. The van der Waals surface area contributed by atoms with Gasteiger partial charge in [0.15, 0.2) is 6.10 Å². The van der Waals surface area contributed by atoms with Gasteiger partial charge in [-0.15, -0.1) is 0 Å². The molecule has 3 nitrogen and oxygen atoms in total. The standard InChI is InChI=1S/C17H15Cl4NO2/c1-9(15-4-3-11(18)8-16(15)21)22-17(23)10(2)24-14-6-12(19)5-13(20)7-14/h3-10H,1-2H3,(H,22,23)/t9-,10-/m0/s1. The monoisotopic (exact) mass is 405 g/mol. The van der Waals surface area contributed by atoms with Crippen molar-refractivity contribution < 1.29 is 9.53 Å². The molecule has 0 saturated carbocycles. The van der Waals surface area contributed by atoms with Crippen LogP contribution in [0.3, 0.4) is 0 Å². The number of amides is 1. The van der Waals surface area contributed by atoms with E-state index in [-0.39, 0.29) is 11.9 Å². The van der Waals surface area contributed by atoms with Gasteiger partial charge in [-0.2, -0.15) is 0 Å². The maximum atomic E-state index is 12.3. The van der Waals surface area contributed by atoms with Gasteiger partial charge in [0.25, 0.3) is 5.91 Å². The number of hydrogen-bond donors (Lipinski definition) is 1. The van der Waals surface area contributed by atoms with E-state index >= 15 is 0 Å². The molecule has 1 N–H and O–H groups in total. The van der Waals surface area contributed by atoms with Crippen molar-refractivity contribution in [2.45, 2.75) is 26.0 Å². The molecule has 0 aliphatic carbocycles. The fraction of sp³-hybridized carbons (Fsp3) is 0.235. The van der Waals surface area contributed by atoms with Crippen LogP contribution in [0.5, 0.6) is 5.75 Å². The summed E-state index contributed by atoms with van der Waals surface area (Å²) in [7, 11) is 0. The van der Waals surface area contributed by atoms with Crippen molar-refractivity contribution >= 4 is 52.3 Å². The van der Waals surface area contributed by atoms with Gasteiger partial charge in [0, 0.05) is 20.1 Å². The molecule has 2 aromatic rings. The first-order valence-electron chi connectivity index (χ1n) is 7.14. The predicted octanol–water partition coefficient (Wildman–Crippen LogP) is 5.94. The van der Waals surface area contributed by atoms with Crippen molar-refractivity contribution in [2.24, 2.45) is 0 Å². The van der Waals surface area contributed by atoms with Crippen molar-refractivity contribution in [3.63, 3.8) is 0 Å². The van der Waals surface area contributed by atoms with Crippen LogP contribution in [-0.4, -0.2) is 12.0 Å². The van der Waals surface area contributed by atoms with E-state index in [1.165, 1.54) is 0 Å². The molecule has 24 heavy (non-hydrogen) atoms. The Kier molecular flexibility index (Phi) is 6.64. The van der Waals surface area contributed by atoms with Crippen LogP contribution < -0.4 is 10.1 Å². The summed E-state index contributed by atoms with van der Waals surface area (Å²) in [5.74, 6) is 0.136. The molecule has 0 aromatic heterocycles. The molecule has 0 saturated heterocycles. The van der Waals surface area contributed by atoms with Gasteiger partial charge in [-0.05, 0) is 49.7 Å². The van der Waals surface area contributed by atoms with Gasteiger partial charge < -0.3 is 10.1 Å². The summed E-state index contributed by atoms with van der Waals surface area (Å²) in [5.41, 5.74) is 0.771. The molecule has 0 bridgehead atoms. The van der Waals surface area contributed by atoms with Gasteiger partial charge >= 0.3 is 0 Å². The van der Waals surface area contributed by atoms with E-state index in [2.05, 4.69) is 5.32 Å². The fourth-order valence-electron chi connectivity index (χ4n) is 2.12. The summed E-state index contributed by atoms with van der Waals surface area (Å²) >= 11 is 23.9. The first-order chi connectivity index (χ1) is 11.3. The minimum Gasteiger partial charge on any atom is -0.481 e. The lowest BCUT2D eigenvalue weighted by molar-refractivity contribution is -0.127. The third kappa shape index (κ3) is 5.18. The van der Waals surface area contributed by atoms with Gasteiger partial charge in [0.2, 0.25) is 0 Å². The molecule has 0 heterocycles. The molecule has 0 fully saturated rings. The molecule has 7 heteroatoms. The molecule has 2 atom stereocenters. The molecule has 0 unspecified atom stereocenters. The average Bonchev–Trinajstić information content (AvgIpc) is 2.45. The molecule has 128 valence electrons. The minimum atomic E-state index is -0.729. The van der Waals surface area contributed by atoms with E-state index < -0.39 is 6.10 Å². The van der Waals surface area contributed by atoms with Crippen LogP contribution in [0.25, 0.3) is 0 Å². The molecule has 0 radical (unpaired) electrons. The first-order valence-corrected chi connectivity index (χ1v) is 8.65. The highest BCUT2D eigenvalue weighted by molar-refractivity contribution is 6.35. The van der Waals surface area contributed by atoms with Crippen molar-refractivity contribution in [1.29, 1.82) is 0 Å². The number of rotatable bonds is 5. The van der Waals surface area contributed by atoms with Gasteiger partial charge in [-0.25, -0.2) is 0 Å². The van der Waals surface area contributed by atoms with E-state index in [4.69, 9.17) is 51.1 Å². The third-order valence-electron chi connectivity index (χ3n) is 3.31. The Labute approximate surface area is 160 Å². The zero-order chi connectivity index (χ0) is 17.9. The topological polar surface area (TPSA) is 38.3 Å². The highest BCUT2D eigenvalue weighted by Crippen LogP contribution is 2.27. The van der Waals surface area contributed by atoms with Gasteiger partial charge in [0.1, 0.15) is 5.75 Å². The average molecular weight is 407 g/mol. The van der Waals surface area contributed by atoms with E-state index in [0.29, 0.717) is 25.8 Å². The summed E-state index contributed by atoms with van der Waals surface area (Å²) < 4.78 is 5.59. The molecule has 2 aromatic carbocycles. The summed E-state index contributed by atoms with van der Waals surface area (Å²) in [5, 5.41) is 4.75. The Hall–Kier alpha value is -1.13. The zero-order valence-electron chi connectivity index (χ0n) is 12.9. The van der Waals surface area contributed by atoms with Crippen molar-refractivity contribution in [3.8, 4) is 5.75 Å². The van der Waals surface area contributed by atoms with Gasteiger partial charge in [-0.3, -0.25) is 4.79 Å². The van der Waals surface area contributed by atoms with Crippen LogP contribution in [0.1, 0.15) is 25.5 Å². The molecular formula is C17H15Cl4NO2. The number of carbonyl (C=O) groups is 1. The van der Waals surface area contributed by atoms with Crippen molar-refractivity contribution in [3.05, 3.63) is 62.1 Å². The van der Waals surface area contributed by atoms with Crippen LogP contribution in [0.15, 0.2) is 36.4 Å². The Morgan fingerprint density at radius 1 is 0.958 bits per heavy atom. The molecular weight excluding hydrogens is 392 g/mol. The SMILES string of the molecule is C[C@H](Oc1cc(Cl)cc(Cl)c1)C(=O)N[C@@H](C)c1ccc(Cl)cc1Cl. The number of halogens is 4. The van der Waals surface area contributed by atoms with Crippen LogP contribution in [0.4, 0.5) is 0 Å². The van der Waals surface area contributed by atoms with Crippen molar-refractivity contribution in [1.82, 2.24) is 5.32 Å². The number of ether oxygens (including phenoxy) is 1. The van der Waals surface area contributed by atoms with Crippen LogP contribution >= 0.6 is 46.4 Å². The Morgan fingerprint density at radius 3 is 2.17 bits per heavy atom. The van der Waals surface area contributed by atoms with E-state index in [0.717, 1.165) is 5.56 Å². The summed E-state index contributed by atoms with van der Waals surface area (Å²) in [6.45, 7) is 3.47. The van der Waals surface area contributed by atoms with Crippen molar-refractivity contribution in [2.75, 3.05) is 0 Å². The number of nitrogens with one attached hydrogen (secondary N) is 1. The Morgan fingerprint density at radius 2 is 1.58 bits per heavy atom. The van der Waals surface area contributed by atoms with Gasteiger partial charge in [-0.1, -0.05) is 52.5 Å². The van der Waals surface area contributed by atoms with Crippen LogP contribution in [0, 0.1) is 0 Å². The number of benzene rings is 2. The van der Waals surface area contributed by atoms with E-state index in [9.17, 15) is 4.79 Å². The predicted molar refractivity (Wildman–Crippen MR) is 99.6 cm³/mol. The normalized spacial score (nSPS) is 13.2.